The van der Waals surface area contributed by atoms with Crippen LogP contribution in [0.4, 0.5) is 0 Å². The van der Waals surface area contributed by atoms with Crippen molar-refractivity contribution in [3.05, 3.63) is 0 Å². The Labute approximate surface area is 104 Å². The van der Waals surface area contributed by atoms with Gasteiger partial charge in [0, 0.05) is 0 Å². The molecule has 0 amide bonds. The summed E-state index contributed by atoms with van der Waals surface area (Å²) in [5.74, 6) is 0. The number of rotatable bonds is 0. The Kier molecular flexibility index (Phi) is 258. The van der Waals surface area contributed by atoms with E-state index in [2.05, 4.69) is 10.4 Å². The van der Waals surface area contributed by atoms with Crippen molar-refractivity contribution in [1.29, 1.82) is 0 Å². The van der Waals surface area contributed by atoms with E-state index in [1.807, 2.05) is 0 Å². The Balaban J connectivity index is -0.00000000222. The van der Waals surface area contributed by atoms with Gasteiger partial charge in [-0.1, -0.05) is 0 Å². The summed E-state index contributed by atoms with van der Waals surface area (Å²) >= 11 is -4.29. The summed E-state index contributed by atoms with van der Waals surface area (Å²) < 4.78 is 22.9. The second-order valence-corrected chi connectivity index (χ2v) is 5.21. The molecule has 0 unspecified atom stereocenters. The molecule has 0 aromatic rings. The first-order valence-electron chi connectivity index (χ1n) is 0.783. The molecule has 0 aliphatic carbocycles. The normalized spacial score (nSPS) is 4.54. The van der Waals surface area contributed by atoms with Crippen LogP contribution in [-0.2, 0) is 0 Å². The zero-order chi connectivity index (χ0) is 4.50. The first-order chi connectivity index (χ1) is 2.00. The van der Waals surface area contributed by atoms with Gasteiger partial charge >= 0.3 is 65.1 Å². The molecule has 0 radical (unpaired) electrons. The summed E-state index contributed by atoms with van der Waals surface area (Å²) in [5.41, 5.74) is 0. The summed E-state index contributed by atoms with van der Waals surface area (Å²) in [6.07, 6.45) is 0. The average molecular weight is 308 g/mol. The van der Waals surface area contributed by atoms with Crippen LogP contribution in [0.1, 0.15) is 1.43 Å². The van der Waals surface area contributed by atoms with Crippen LogP contribution in [0.3, 0.4) is 0 Å². The smallest absolute Gasteiger partial charge is 1.00 e. The van der Waals surface area contributed by atoms with Crippen molar-refractivity contribution in [2.24, 2.45) is 0 Å². The van der Waals surface area contributed by atoms with Gasteiger partial charge in [-0.05, 0) is 0 Å². The monoisotopic (exact) mass is 308 g/mol. The second kappa shape index (κ2) is 37.7. The van der Waals surface area contributed by atoms with Crippen molar-refractivity contribution in [1.82, 2.24) is 0 Å². The van der Waals surface area contributed by atoms with Gasteiger partial charge in [0.2, 0.25) is 0 Å². The molecule has 0 saturated heterocycles. The zero-order valence-corrected chi connectivity index (χ0v) is 11.4. The molecule has 0 aliphatic heterocycles. The largest absolute Gasteiger partial charge is 1.00 e. The van der Waals surface area contributed by atoms with Gasteiger partial charge in [-0.2, -0.15) is 0 Å². The van der Waals surface area contributed by atoms with Crippen LogP contribution in [0.15, 0.2) is 0 Å². The summed E-state index contributed by atoms with van der Waals surface area (Å²) in [6, 6.07) is 0. The van der Waals surface area contributed by atoms with Crippen molar-refractivity contribution >= 4 is 23.3 Å². The van der Waals surface area contributed by atoms with Crippen LogP contribution in [0.25, 0.3) is 0 Å². The molecule has 13 heteroatoms. The standard InChI is InChI=1S/AsH3O3S.Na.7H2O.H/c2-1(3,4)5;;;;;;;;;/h(H3,2,3,4,5);;7*1H2;/q;+1;;;;;;;;-1. The van der Waals surface area contributed by atoms with Crippen LogP contribution in [0.5, 0.6) is 0 Å². The fourth-order valence-electron chi connectivity index (χ4n) is 0. The van der Waals surface area contributed by atoms with E-state index in [9.17, 15) is 0 Å². The molecular formula is H18AsNaO10S. The predicted molar refractivity (Wildman–Crippen MR) is 46.4 cm³/mol. The fraction of sp³-hybridized carbons (Fsp3) is 0. The Morgan fingerprint density at radius 2 is 0.692 bits per heavy atom. The van der Waals surface area contributed by atoms with Crippen molar-refractivity contribution in [2.45, 2.75) is 0 Å². The minimum Gasteiger partial charge on any atom is -1.00 e. The van der Waals surface area contributed by atoms with Crippen molar-refractivity contribution in [3.63, 3.8) is 0 Å². The molecule has 90 valence electrons. The molecule has 13 heavy (non-hydrogen) atoms. The van der Waals surface area contributed by atoms with Gasteiger partial charge in [-0.3, -0.25) is 0 Å². The van der Waals surface area contributed by atoms with Gasteiger partial charge in [0.25, 0.3) is 0 Å². The molecule has 0 saturated carbocycles. The van der Waals surface area contributed by atoms with Crippen molar-refractivity contribution < 1.29 is 81.6 Å². The maximum absolute atomic E-state index is 7.62. The Hall–Kier alpha value is 1.38. The van der Waals surface area contributed by atoms with Gasteiger partial charge in [-0.25, -0.2) is 0 Å². The van der Waals surface area contributed by atoms with Gasteiger partial charge in [0.1, 0.15) is 0 Å². The fourth-order valence-corrected chi connectivity index (χ4v) is 0. The molecule has 0 spiro atoms. The summed E-state index contributed by atoms with van der Waals surface area (Å²) in [7, 11) is 3.66. The maximum atomic E-state index is 7.62. The van der Waals surface area contributed by atoms with Crippen LogP contribution in [0, 0.1) is 0 Å². The van der Waals surface area contributed by atoms with E-state index in [4.69, 9.17) is 12.3 Å². The second-order valence-electron chi connectivity index (χ2n) is 0.513. The molecule has 0 heterocycles. The van der Waals surface area contributed by atoms with Crippen LogP contribution in [-0.4, -0.2) is 63.5 Å². The van der Waals surface area contributed by atoms with E-state index in [0.717, 1.165) is 0 Å². The molecule has 0 fully saturated rings. The molecule has 0 bridgehead atoms. The predicted octanol–water partition coefficient (Wildman–Crippen LogP) is -10.1. The minimum atomic E-state index is -4.29. The molecule has 0 aromatic carbocycles. The van der Waals surface area contributed by atoms with E-state index < -0.39 is 12.9 Å². The minimum absolute atomic E-state index is 0. The molecule has 0 atom stereocenters. The van der Waals surface area contributed by atoms with E-state index in [1.165, 1.54) is 0 Å². The first kappa shape index (κ1) is 89.0. The number of hydrogen-bond acceptors (Lipinski definition) is 1. The molecule has 0 aliphatic rings. The summed E-state index contributed by atoms with van der Waals surface area (Å²) in [5, 5.41) is 0. The van der Waals surface area contributed by atoms with Crippen LogP contribution >= 0.6 is 10.4 Å². The van der Waals surface area contributed by atoms with Gasteiger partial charge in [0.05, 0.1) is 0 Å². The van der Waals surface area contributed by atoms with Crippen LogP contribution < -0.4 is 29.6 Å². The molecular weight excluding hydrogens is 290 g/mol. The summed E-state index contributed by atoms with van der Waals surface area (Å²) in [6.45, 7) is 0. The molecule has 10 nitrogen and oxygen atoms in total. The third kappa shape index (κ3) is 912. The Bertz CT molecular complexity index is 66.3. The van der Waals surface area contributed by atoms with E-state index >= 15 is 0 Å². The van der Waals surface area contributed by atoms with Gasteiger partial charge < -0.3 is 39.8 Å². The van der Waals surface area contributed by atoms with Crippen molar-refractivity contribution in [2.75, 3.05) is 0 Å². The van der Waals surface area contributed by atoms with Gasteiger partial charge in [0.15, 0.2) is 0 Å². The quantitative estimate of drug-likeness (QED) is 0.367. The van der Waals surface area contributed by atoms with Crippen LogP contribution in [0.2, 0.25) is 0 Å². The first-order valence-corrected chi connectivity index (χ1v) is 5.96. The Morgan fingerprint density at radius 1 is 0.692 bits per heavy atom. The molecule has 17 N–H and O–H groups in total. The van der Waals surface area contributed by atoms with E-state index in [0.29, 0.717) is 0 Å². The third-order valence-corrected chi connectivity index (χ3v) is 0. The zero-order valence-electron chi connectivity index (χ0n) is 7.70. The SMILES string of the molecule is O.O.O.O.O.O.O.O[As](O)(O)=S.[H-].[Na+]. The molecule has 0 rings (SSSR count). The number of hydrogen-bond donors (Lipinski definition) is 3. The maximum Gasteiger partial charge on any atom is 1.00 e. The van der Waals surface area contributed by atoms with Crippen molar-refractivity contribution in [3.8, 4) is 0 Å². The van der Waals surface area contributed by atoms with E-state index in [1.54, 1.807) is 0 Å². The van der Waals surface area contributed by atoms with Gasteiger partial charge in [-0.15, -0.1) is 0 Å². The average Bonchev–Trinajstić information content (AvgIpc) is 0.722. The topological polar surface area (TPSA) is 281 Å². The third-order valence-electron chi connectivity index (χ3n) is 0. The van der Waals surface area contributed by atoms with E-state index in [-0.39, 0.29) is 69.3 Å². The Morgan fingerprint density at radius 3 is 0.692 bits per heavy atom. The summed E-state index contributed by atoms with van der Waals surface area (Å²) in [4.78, 5) is 0. The molecule has 0 aromatic heterocycles.